The van der Waals surface area contributed by atoms with Crippen molar-refractivity contribution in [2.75, 3.05) is 19.6 Å². The molecule has 2 aromatic carbocycles. The molecule has 0 saturated heterocycles. The van der Waals surface area contributed by atoms with E-state index in [4.69, 9.17) is 6.11 Å². The average Bonchev–Trinajstić information content (AvgIpc) is 2.84. The molecule has 35 heavy (non-hydrogen) atoms. The lowest BCUT2D eigenvalue weighted by Gasteiger charge is -2.25. The fourth-order valence-electron chi connectivity index (χ4n) is 3.17. The van der Waals surface area contributed by atoms with Crippen molar-refractivity contribution in [1.29, 1.82) is 0 Å². The van der Waals surface area contributed by atoms with E-state index in [0.717, 1.165) is 28.6 Å². The first kappa shape index (κ1) is 25.5. The van der Waals surface area contributed by atoms with E-state index in [1.54, 1.807) is 24.3 Å². The summed E-state index contributed by atoms with van der Waals surface area (Å²) in [6, 6.07) is 10.8. The predicted octanol–water partition coefficient (Wildman–Crippen LogP) is 4.64. The number of hydrogen-bond donors (Lipinski definition) is 2. The molecule has 0 aromatic heterocycles. The highest BCUT2D eigenvalue weighted by Crippen LogP contribution is 2.31. The van der Waals surface area contributed by atoms with Crippen molar-refractivity contribution in [3.8, 4) is 5.75 Å². The van der Waals surface area contributed by atoms with Gasteiger partial charge in [-0.3, -0.25) is 15.6 Å². The predicted molar refractivity (Wildman–Crippen MR) is 135 cm³/mol. The zero-order chi connectivity index (χ0) is 26.7. The number of methoxy groups -OCH3 is 1. The van der Waals surface area contributed by atoms with E-state index in [-0.39, 0.29) is 17.8 Å². The molecule has 0 radical (unpaired) electrons. The Bertz CT molecular complexity index is 1280. The molecule has 188 valence electrons. The summed E-state index contributed by atoms with van der Waals surface area (Å²) >= 11 is 1.86. The number of sulfonamides is 1. The van der Waals surface area contributed by atoms with Crippen LogP contribution in [0.1, 0.15) is 18.9 Å². The van der Waals surface area contributed by atoms with E-state index < -0.39 is 39.3 Å². The van der Waals surface area contributed by atoms with E-state index in [0.29, 0.717) is 14.9 Å². The largest absolute Gasteiger partial charge is 0.497 e. The first-order valence-electron chi connectivity index (χ1n) is 10.7. The van der Waals surface area contributed by atoms with Gasteiger partial charge < -0.3 is 4.74 Å². The summed E-state index contributed by atoms with van der Waals surface area (Å²) in [5, 5.41) is -2.13. The number of rotatable bonds is 8. The molecular weight excluding hydrogens is 598 g/mol. The first-order valence-corrected chi connectivity index (χ1v) is 12.7. The highest BCUT2D eigenvalue weighted by molar-refractivity contribution is 14.1. The van der Waals surface area contributed by atoms with Gasteiger partial charge in [-0.2, -0.15) is 13.2 Å². The molecule has 0 spiro atoms. The Balaban J connectivity index is 1.70. The third-order valence-corrected chi connectivity index (χ3v) is 8.07. The molecule has 0 saturated carbocycles. The molecule has 12 heteroatoms. The van der Waals surface area contributed by atoms with Gasteiger partial charge in [-0.25, -0.2) is 12.7 Å². The molecule has 2 aromatic rings. The molecule has 1 aliphatic rings. The molecule has 0 heterocycles. The number of allylic oxidation sites excluding steroid dienone is 2. The van der Waals surface area contributed by atoms with E-state index >= 15 is 0 Å². The normalized spacial score (nSPS) is 18.9. The maximum absolute atomic E-state index is 13.3. The van der Waals surface area contributed by atoms with Crippen molar-refractivity contribution >= 4 is 44.2 Å². The van der Waals surface area contributed by atoms with E-state index in [9.17, 15) is 26.4 Å². The number of carbonyl (C=O) groups is 1. The average molecular weight is 622 g/mol. The second kappa shape index (κ2) is 11.0. The minimum Gasteiger partial charge on any atom is -0.497 e. The smallest absolute Gasteiger partial charge is 0.416 e. The molecule has 2 N–H and O–H groups in total. The van der Waals surface area contributed by atoms with Crippen LogP contribution in [0.3, 0.4) is 0 Å². The zero-order valence-corrected chi connectivity index (χ0v) is 21.7. The van der Waals surface area contributed by atoms with Gasteiger partial charge in [-0.15, -0.1) is 0 Å². The van der Waals surface area contributed by atoms with E-state index in [2.05, 4.69) is 10.9 Å². The Morgan fingerprint density at radius 1 is 1.20 bits per heavy atom. The summed E-state index contributed by atoms with van der Waals surface area (Å²) in [7, 11) is -1.33. The van der Waals surface area contributed by atoms with E-state index in [1.807, 2.05) is 22.6 Å². The van der Waals surface area contributed by atoms with Gasteiger partial charge in [0.25, 0.3) is 5.91 Å². The summed E-state index contributed by atoms with van der Waals surface area (Å²) in [5.74, 6) is -0.0787. The van der Waals surface area contributed by atoms with Gasteiger partial charge in [0.1, 0.15) is 5.75 Å². The number of hydrazine groups is 1. The van der Waals surface area contributed by atoms with E-state index in [1.165, 1.54) is 26.3 Å². The Kier molecular flexibility index (Phi) is 8.02. The SMILES string of the molecule is [2H]C1(S(=O)(=O)N(C)Cc2ccc(OC)cc2)C=CC(I)=C(C(=O)NNc2ccc(C(F)(F)F)cc2)C1. The van der Waals surface area contributed by atoms with Gasteiger partial charge in [-0.05, 0) is 64.6 Å². The number of ether oxygens (including phenoxy) is 1. The molecule has 3 rings (SSSR count). The van der Waals surface area contributed by atoms with Gasteiger partial charge in [0.2, 0.25) is 10.0 Å². The van der Waals surface area contributed by atoms with Gasteiger partial charge in [-0.1, -0.05) is 24.3 Å². The molecule has 1 amide bonds. The fraction of sp³-hybridized carbons (Fsp3) is 0.261. The number of carbonyl (C=O) groups excluding carboxylic acids is 1. The number of benzene rings is 2. The number of amides is 1. The Labute approximate surface area is 216 Å². The van der Waals surface area contributed by atoms with Crippen LogP contribution in [0, 0.1) is 0 Å². The van der Waals surface area contributed by atoms with Crippen molar-refractivity contribution in [1.82, 2.24) is 9.73 Å². The number of nitrogens with zero attached hydrogens (tertiary/aromatic N) is 1. The van der Waals surface area contributed by atoms with Crippen molar-refractivity contribution in [3.63, 3.8) is 0 Å². The molecule has 1 atom stereocenters. The lowest BCUT2D eigenvalue weighted by molar-refractivity contribution is -0.137. The number of alkyl halides is 3. The monoisotopic (exact) mass is 622 g/mol. The Morgan fingerprint density at radius 2 is 1.83 bits per heavy atom. The molecule has 0 bridgehead atoms. The molecular formula is C23H23F3IN3O4S. The van der Waals surface area contributed by atoms with Crippen LogP contribution in [-0.4, -0.2) is 38.0 Å². The third kappa shape index (κ3) is 6.76. The van der Waals surface area contributed by atoms with Crippen molar-refractivity contribution in [2.45, 2.75) is 24.4 Å². The highest BCUT2D eigenvalue weighted by Gasteiger charge is 2.33. The minimum absolute atomic E-state index is 0.0125. The maximum Gasteiger partial charge on any atom is 0.416 e. The molecule has 0 aliphatic heterocycles. The summed E-state index contributed by atoms with van der Waals surface area (Å²) in [5.41, 5.74) is 4.97. The molecule has 7 nitrogen and oxygen atoms in total. The summed E-state index contributed by atoms with van der Waals surface area (Å²) in [6.45, 7) is 0.0125. The maximum atomic E-state index is 13.3. The van der Waals surface area contributed by atoms with Crippen molar-refractivity contribution < 1.29 is 32.5 Å². The van der Waals surface area contributed by atoms with Gasteiger partial charge >= 0.3 is 6.18 Å². The minimum atomic E-state index is -4.49. The summed E-state index contributed by atoms with van der Waals surface area (Å²) < 4.78 is 80.0. The molecule has 0 fully saturated rings. The highest BCUT2D eigenvalue weighted by atomic mass is 127. The Morgan fingerprint density at radius 3 is 2.40 bits per heavy atom. The zero-order valence-electron chi connectivity index (χ0n) is 19.7. The van der Waals surface area contributed by atoms with Gasteiger partial charge in [0, 0.05) is 29.2 Å². The van der Waals surface area contributed by atoms with Crippen LogP contribution in [0.2, 0.25) is 0 Å². The summed E-state index contributed by atoms with van der Waals surface area (Å²) in [4.78, 5) is 12.8. The number of nitrogens with one attached hydrogen (secondary N) is 2. The number of anilines is 1. The summed E-state index contributed by atoms with van der Waals surface area (Å²) in [6.07, 6.45) is -2.28. The molecule has 1 unspecified atom stereocenters. The van der Waals surface area contributed by atoms with Gasteiger partial charge in [0.05, 0.1) is 25.0 Å². The van der Waals surface area contributed by atoms with Crippen LogP contribution < -0.4 is 15.6 Å². The number of halogens is 4. The topological polar surface area (TPSA) is 87.7 Å². The fourth-order valence-corrected chi connectivity index (χ4v) is 5.07. The Hall–Kier alpha value is -2.58. The lowest BCUT2D eigenvalue weighted by atomic mass is 10.0. The second-order valence-corrected chi connectivity index (χ2v) is 10.8. The standard InChI is InChI=1S/C23H23F3IN3O4S/c1-30(14-15-3-9-18(34-2)10-4-15)35(32,33)19-11-12-21(27)20(13-19)22(31)29-28-17-7-5-16(6-8-17)23(24,25)26/h3-12,19,28H,13-14H2,1-2H3,(H,29,31)/i19D. The van der Waals surface area contributed by atoms with Crippen LogP contribution in [0.25, 0.3) is 0 Å². The first-order chi connectivity index (χ1) is 16.8. The molecule has 1 aliphatic carbocycles. The van der Waals surface area contributed by atoms with Crippen LogP contribution in [-0.2, 0) is 27.5 Å². The van der Waals surface area contributed by atoms with Crippen LogP contribution >= 0.6 is 22.6 Å². The van der Waals surface area contributed by atoms with Crippen molar-refractivity contribution in [3.05, 3.63) is 81.0 Å². The van der Waals surface area contributed by atoms with Crippen molar-refractivity contribution in [2.24, 2.45) is 0 Å². The number of hydrogen-bond acceptors (Lipinski definition) is 5. The second-order valence-electron chi connectivity index (χ2n) is 7.57. The van der Waals surface area contributed by atoms with Crippen LogP contribution in [0.4, 0.5) is 18.9 Å². The van der Waals surface area contributed by atoms with Crippen LogP contribution in [0.5, 0.6) is 5.75 Å². The lowest BCUT2D eigenvalue weighted by Crippen LogP contribution is -2.38. The van der Waals surface area contributed by atoms with Crippen LogP contribution in [0.15, 0.2) is 69.8 Å². The third-order valence-electron chi connectivity index (χ3n) is 5.17. The van der Waals surface area contributed by atoms with Gasteiger partial charge in [0.15, 0.2) is 0 Å². The quantitative estimate of drug-likeness (QED) is 0.331.